The van der Waals surface area contributed by atoms with Crippen LogP contribution in [0.25, 0.3) is 0 Å². The van der Waals surface area contributed by atoms with Gasteiger partial charge in [0.05, 0.1) is 11.1 Å². The molecule has 2 aromatic rings. The van der Waals surface area contributed by atoms with Gasteiger partial charge in [0.1, 0.15) is 5.41 Å². The molecule has 2 amide bonds. The van der Waals surface area contributed by atoms with Crippen molar-refractivity contribution in [2.45, 2.75) is 68.7 Å². The van der Waals surface area contributed by atoms with Crippen molar-refractivity contribution in [3.8, 4) is 0 Å². The highest BCUT2D eigenvalue weighted by molar-refractivity contribution is 7.85. The highest BCUT2D eigenvalue weighted by Crippen LogP contribution is 2.38. The summed E-state index contributed by atoms with van der Waals surface area (Å²) in [5, 5.41) is 23.5. The zero-order chi connectivity index (χ0) is 28.0. The maximum Gasteiger partial charge on any atom is 0.451 e. The minimum atomic E-state index is -4.00. The fourth-order valence-corrected chi connectivity index (χ4v) is 4.84. The number of nitrogens with two attached hydrogens (primary N) is 1. The molecule has 0 radical (unpaired) electrons. The number of rotatable bonds is 12. The van der Waals surface area contributed by atoms with E-state index in [-0.39, 0.29) is 23.0 Å². The van der Waals surface area contributed by atoms with Crippen LogP contribution in [0.5, 0.6) is 0 Å². The lowest BCUT2D eigenvalue weighted by molar-refractivity contribution is -0.143. The Morgan fingerprint density at radius 1 is 0.947 bits per heavy atom. The first kappa shape index (κ1) is 31.5. The van der Waals surface area contributed by atoms with Crippen molar-refractivity contribution >= 4 is 29.1 Å². The van der Waals surface area contributed by atoms with Crippen molar-refractivity contribution in [3.05, 3.63) is 66.2 Å². The van der Waals surface area contributed by atoms with Gasteiger partial charge in [-0.3, -0.25) is 14.1 Å². The van der Waals surface area contributed by atoms with Crippen LogP contribution in [-0.2, 0) is 26.1 Å². The van der Waals surface area contributed by atoms with E-state index in [0.717, 1.165) is 25.7 Å². The van der Waals surface area contributed by atoms with Gasteiger partial charge in [-0.15, -0.1) is 0 Å². The molecule has 0 bridgehead atoms. The maximum absolute atomic E-state index is 12.8. The molecule has 2 aromatic carbocycles. The van der Waals surface area contributed by atoms with Crippen LogP contribution in [0, 0.1) is 5.41 Å². The fraction of sp³-hybridized carbons (Fsp3) is 0.462. The van der Waals surface area contributed by atoms with Crippen LogP contribution in [0.15, 0.2) is 65.6 Å². The smallest absolute Gasteiger partial charge is 0.427 e. The van der Waals surface area contributed by atoms with Crippen LogP contribution in [0.1, 0.15) is 50.5 Å². The summed E-state index contributed by atoms with van der Waals surface area (Å²) in [5.41, 5.74) is 6.13. The van der Waals surface area contributed by atoms with Gasteiger partial charge in [-0.2, -0.15) is 8.42 Å². The Bertz CT molecular complexity index is 1100. The molecule has 3 rings (SSSR count). The Hall–Kier alpha value is -2.77. The molecule has 12 heteroatoms. The lowest BCUT2D eigenvalue weighted by atomic mass is 9.82. The van der Waals surface area contributed by atoms with Crippen LogP contribution < -0.4 is 16.4 Å². The molecule has 0 saturated heterocycles. The largest absolute Gasteiger partial charge is 0.451 e. The molecule has 10 nitrogen and oxygen atoms in total. The van der Waals surface area contributed by atoms with Crippen molar-refractivity contribution in [3.63, 3.8) is 0 Å². The first-order chi connectivity index (χ1) is 18.0. The zero-order valence-electron chi connectivity index (χ0n) is 21.5. The van der Waals surface area contributed by atoms with Gasteiger partial charge >= 0.3 is 7.12 Å². The molecule has 1 fully saturated rings. The minimum Gasteiger partial charge on any atom is -0.427 e. The quantitative estimate of drug-likeness (QED) is 0.0766. The summed E-state index contributed by atoms with van der Waals surface area (Å²) in [6.07, 6.45) is 4.96. The van der Waals surface area contributed by atoms with E-state index in [2.05, 4.69) is 22.8 Å². The predicted octanol–water partition coefficient (Wildman–Crippen LogP) is 1.88. The summed E-state index contributed by atoms with van der Waals surface area (Å²) in [7, 11) is -5.37. The minimum absolute atomic E-state index is 0.0741. The Morgan fingerprint density at radius 2 is 1.53 bits per heavy atom. The van der Waals surface area contributed by atoms with Gasteiger partial charge in [0, 0.05) is 6.54 Å². The van der Waals surface area contributed by atoms with Crippen molar-refractivity contribution < 1.29 is 32.6 Å². The molecular weight excluding hydrogens is 509 g/mol. The molecule has 38 heavy (non-hydrogen) atoms. The molecule has 0 aromatic heterocycles. The summed E-state index contributed by atoms with van der Waals surface area (Å²) < 4.78 is 29.2. The second-order valence-corrected chi connectivity index (χ2v) is 10.8. The van der Waals surface area contributed by atoms with E-state index in [1.807, 2.05) is 18.2 Å². The van der Waals surface area contributed by atoms with Crippen molar-refractivity contribution in [1.29, 1.82) is 0 Å². The molecule has 208 valence electrons. The zero-order valence-corrected chi connectivity index (χ0v) is 22.3. The normalized spacial score (nSPS) is 15.1. The van der Waals surface area contributed by atoms with Gasteiger partial charge in [-0.05, 0) is 56.1 Å². The van der Waals surface area contributed by atoms with E-state index >= 15 is 0 Å². The van der Waals surface area contributed by atoms with Crippen LogP contribution in [0.3, 0.4) is 0 Å². The fourth-order valence-electron chi connectivity index (χ4n) is 4.34. The molecular formula is C26H38BN3O7S. The first-order valence-electron chi connectivity index (χ1n) is 12.8. The number of carbonyl (C=O) groups is 2. The van der Waals surface area contributed by atoms with Crippen LogP contribution in [-0.4, -0.2) is 54.7 Å². The van der Waals surface area contributed by atoms with Gasteiger partial charge in [0.25, 0.3) is 10.1 Å². The van der Waals surface area contributed by atoms with E-state index in [1.54, 1.807) is 18.2 Å². The molecule has 1 atom stereocenters. The topological polar surface area (TPSA) is 179 Å². The molecule has 1 unspecified atom stereocenters. The van der Waals surface area contributed by atoms with Gasteiger partial charge in [0.2, 0.25) is 11.8 Å². The molecule has 7 N–H and O–H groups in total. The average Bonchev–Trinajstić information content (AvgIpc) is 3.39. The highest BCUT2D eigenvalue weighted by atomic mass is 32.2. The van der Waals surface area contributed by atoms with Crippen molar-refractivity contribution in [2.24, 2.45) is 11.1 Å². The van der Waals surface area contributed by atoms with Crippen LogP contribution >= 0.6 is 0 Å². The van der Waals surface area contributed by atoms with E-state index < -0.39 is 28.8 Å². The SMILES string of the molecule is NC(CCCB(O)O)NC(=O)C1(C(=O)NCCCc2ccccc2)CCCC1.O=S(=O)(O)c1ccccc1. The lowest BCUT2D eigenvalue weighted by Crippen LogP contribution is -2.54. The number of aryl methyl sites for hydroxylation is 1. The van der Waals surface area contributed by atoms with E-state index in [0.29, 0.717) is 32.2 Å². The van der Waals surface area contributed by atoms with Gasteiger partial charge in [-0.1, -0.05) is 67.8 Å². The molecule has 1 aliphatic rings. The molecule has 0 aliphatic heterocycles. The second-order valence-electron chi connectivity index (χ2n) is 9.41. The van der Waals surface area contributed by atoms with Crippen LogP contribution in [0.2, 0.25) is 6.32 Å². The number of amides is 2. The summed E-state index contributed by atoms with van der Waals surface area (Å²) in [5.74, 6) is -0.531. The number of carbonyl (C=O) groups excluding carboxylic acids is 2. The van der Waals surface area contributed by atoms with Gasteiger partial charge in [0.15, 0.2) is 0 Å². The monoisotopic (exact) mass is 547 g/mol. The Balaban J connectivity index is 0.000000423. The molecule has 0 spiro atoms. The number of hydrogen-bond donors (Lipinski definition) is 6. The number of hydrogen-bond acceptors (Lipinski definition) is 7. The van der Waals surface area contributed by atoms with Crippen LogP contribution in [0.4, 0.5) is 0 Å². The van der Waals surface area contributed by atoms with Gasteiger partial charge in [-0.25, -0.2) is 0 Å². The summed E-state index contributed by atoms with van der Waals surface area (Å²) in [6.45, 7) is 0.531. The summed E-state index contributed by atoms with van der Waals surface area (Å²) in [6, 6.07) is 17.5. The van der Waals surface area contributed by atoms with Crippen molar-refractivity contribution in [1.82, 2.24) is 10.6 Å². The Morgan fingerprint density at radius 3 is 2.05 bits per heavy atom. The second kappa shape index (κ2) is 15.6. The van der Waals surface area contributed by atoms with E-state index in [4.69, 9.17) is 20.3 Å². The third kappa shape index (κ3) is 10.5. The predicted molar refractivity (Wildman–Crippen MR) is 145 cm³/mol. The number of nitrogens with one attached hydrogen (secondary N) is 2. The van der Waals surface area contributed by atoms with Gasteiger partial charge < -0.3 is 26.4 Å². The van der Waals surface area contributed by atoms with Crippen molar-refractivity contribution in [2.75, 3.05) is 6.54 Å². The third-order valence-corrected chi connectivity index (χ3v) is 7.30. The Kier molecular flexibility index (Phi) is 12.9. The molecule has 1 aliphatic carbocycles. The Labute approximate surface area is 224 Å². The van der Waals surface area contributed by atoms with E-state index in [9.17, 15) is 18.0 Å². The standard InChI is InChI=1S/C20H32BN3O4.C6H6O3S/c22-17(11-6-14-21(27)28)24-19(26)20(12-4-5-13-20)18(25)23-15-7-10-16-8-2-1-3-9-16;7-10(8,9)6-4-2-1-3-5-6/h1-3,8-9,17,27-28H,4-7,10-15,22H2,(H,23,25)(H,24,26);1-5H,(H,7,8,9). The molecule has 0 heterocycles. The highest BCUT2D eigenvalue weighted by Gasteiger charge is 2.47. The third-order valence-electron chi connectivity index (χ3n) is 6.43. The lowest BCUT2D eigenvalue weighted by Gasteiger charge is -2.28. The number of benzene rings is 2. The summed E-state index contributed by atoms with van der Waals surface area (Å²) in [4.78, 5) is 25.6. The molecule has 1 saturated carbocycles. The first-order valence-corrected chi connectivity index (χ1v) is 14.3. The van der Waals surface area contributed by atoms with E-state index in [1.165, 1.54) is 17.7 Å². The maximum atomic E-state index is 12.8. The summed E-state index contributed by atoms with van der Waals surface area (Å²) >= 11 is 0. The average molecular weight is 547 g/mol.